The van der Waals surface area contributed by atoms with Crippen molar-refractivity contribution in [3.8, 4) is 34.5 Å². The lowest BCUT2D eigenvalue weighted by molar-refractivity contribution is 0.320. The van der Waals surface area contributed by atoms with E-state index in [-0.39, 0.29) is 17.5 Å². The Labute approximate surface area is 252 Å². The molecule has 4 nitrogen and oxygen atoms in total. The van der Waals surface area contributed by atoms with Crippen molar-refractivity contribution in [2.45, 2.75) is 51.4 Å². The van der Waals surface area contributed by atoms with Crippen molar-refractivity contribution in [3.63, 3.8) is 0 Å². The van der Waals surface area contributed by atoms with Gasteiger partial charge >= 0.3 is 0 Å². The van der Waals surface area contributed by atoms with Crippen LogP contribution < -0.4 is 35.5 Å². The molecule has 9 rings (SSSR count). The molecule has 0 saturated carbocycles. The average Bonchev–Trinajstić information content (AvgIpc) is 3.01. The monoisotopic (exact) mass is 561 g/mol. The molecule has 5 aromatic carbocycles. The van der Waals surface area contributed by atoms with E-state index in [0.29, 0.717) is 0 Å². The van der Waals surface area contributed by atoms with E-state index >= 15 is 0 Å². The fourth-order valence-electron chi connectivity index (χ4n) is 7.73. The minimum atomic E-state index is 0.000906. The van der Waals surface area contributed by atoms with Crippen LogP contribution in [-0.4, -0.2) is 6.71 Å². The molecule has 0 radical (unpaired) electrons. The van der Waals surface area contributed by atoms with Gasteiger partial charge in [0.2, 0.25) is 0 Å². The van der Waals surface area contributed by atoms with Crippen molar-refractivity contribution in [1.82, 2.24) is 0 Å². The second-order valence-corrected chi connectivity index (χ2v) is 13.6. The number of anilines is 3. The van der Waals surface area contributed by atoms with E-state index in [2.05, 4.69) is 105 Å². The predicted molar refractivity (Wildman–Crippen MR) is 174 cm³/mol. The summed E-state index contributed by atoms with van der Waals surface area (Å²) in [4.78, 5) is 2.26. The van der Waals surface area contributed by atoms with Gasteiger partial charge in [0.1, 0.15) is 23.0 Å². The minimum Gasteiger partial charge on any atom is -0.458 e. The molecule has 5 heteroatoms. The van der Waals surface area contributed by atoms with Crippen LogP contribution in [0.5, 0.6) is 34.5 Å². The van der Waals surface area contributed by atoms with Gasteiger partial charge in [-0.3, -0.25) is 0 Å². The topological polar surface area (TPSA) is 30.9 Å². The van der Waals surface area contributed by atoms with Crippen molar-refractivity contribution in [2.75, 3.05) is 4.90 Å². The summed E-state index contributed by atoms with van der Waals surface area (Å²) in [6.07, 6.45) is 2.28. The molecular weight excluding hydrogens is 529 g/mol. The zero-order valence-corrected chi connectivity index (χ0v) is 24.9. The Hall–Kier alpha value is -4.64. The summed E-state index contributed by atoms with van der Waals surface area (Å²) in [6, 6.07) is 33.9. The Bertz CT molecular complexity index is 1950. The van der Waals surface area contributed by atoms with E-state index in [9.17, 15) is 0 Å². The van der Waals surface area contributed by atoms with Crippen LogP contribution in [0.4, 0.5) is 17.1 Å². The standard InChI is InChI=1S/C38H32BNO3/c1-37(2)19-20-38(3,4)34-24(37)17-18-26-36(34)43-33-22-23(21-32-35(33)39(26)25-11-5-8-14-29(25)41-32)40-27-12-6-9-15-30(27)42-31-16-10-7-13-28(31)40/h5-18,21-22H,19-20H2,1-4H3. The maximum Gasteiger partial charge on any atom is 0.260 e. The number of rotatable bonds is 1. The third-order valence-electron chi connectivity index (χ3n) is 10.0. The summed E-state index contributed by atoms with van der Waals surface area (Å²) in [5, 5.41) is 0. The van der Waals surface area contributed by atoms with Gasteiger partial charge in [0.15, 0.2) is 11.5 Å². The summed E-state index contributed by atoms with van der Waals surface area (Å²) < 4.78 is 20.2. The van der Waals surface area contributed by atoms with E-state index < -0.39 is 0 Å². The second-order valence-electron chi connectivity index (χ2n) is 13.6. The molecule has 0 fully saturated rings. The Morgan fingerprint density at radius 1 is 0.581 bits per heavy atom. The van der Waals surface area contributed by atoms with E-state index in [1.54, 1.807) is 0 Å². The molecule has 5 aromatic rings. The number of para-hydroxylation sites is 5. The molecule has 0 unspecified atom stereocenters. The van der Waals surface area contributed by atoms with Crippen LogP contribution >= 0.6 is 0 Å². The summed E-state index contributed by atoms with van der Waals surface area (Å²) in [5.74, 6) is 5.25. The molecule has 0 N–H and O–H groups in total. The molecule has 3 aliphatic heterocycles. The van der Waals surface area contributed by atoms with Gasteiger partial charge in [-0.15, -0.1) is 0 Å². The molecule has 0 spiro atoms. The molecule has 3 heterocycles. The Kier molecular flexibility index (Phi) is 4.91. The lowest BCUT2D eigenvalue weighted by Gasteiger charge is -2.45. The fraction of sp³-hybridized carbons (Fsp3) is 0.211. The third-order valence-corrected chi connectivity index (χ3v) is 10.0. The molecule has 43 heavy (non-hydrogen) atoms. The first-order valence-corrected chi connectivity index (χ1v) is 15.3. The maximum absolute atomic E-state index is 7.14. The molecule has 0 saturated heterocycles. The van der Waals surface area contributed by atoms with Gasteiger partial charge in [-0.1, -0.05) is 82.3 Å². The van der Waals surface area contributed by atoms with Crippen LogP contribution in [0, 0.1) is 0 Å². The molecular formula is C38H32BNO3. The molecule has 1 aliphatic carbocycles. The van der Waals surface area contributed by atoms with Crippen molar-refractivity contribution >= 4 is 40.2 Å². The fourth-order valence-corrected chi connectivity index (χ4v) is 7.73. The summed E-state index contributed by atoms with van der Waals surface area (Å²) in [6.45, 7) is 9.53. The number of fused-ring (bicyclic) bond motifs is 8. The van der Waals surface area contributed by atoms with E-state index in [1.165, 1.54) is 22.1 Å². The van der Waals surface area contributed by atoms with Gasteiger partial charge in [-0.05, 0) is 70.5 Å². The SMILES string of the molecule is CC1(C)CCC(C)(C)c2c1ccc1c2Oc2cc(N3c4ccccc4Oc4ccccc43)cc3c2B1c1ccccc1O3. The van der Waals surface area contributed by atoms with Gasteiger partial charge < -0.3 is 19.1 Å². The second kappa shape index (κ2) is 8.47. The number of hydrogen-bond acceptors (Lipinski definition) is 4. The molecule has 0 amide bonds. The first kappa shape index (κ1) is 24.9. The van der Waals surface area contributed by atoms with Gasteiger partial charge in [0, 0.05) is 23.2 Å². The molecule has 4 aliphatic rings. The van der Waals surface area contributed by atoms with Crippen LogP contribution in [0.1, 0.15) is 51.7 Å². The highest BCUT2D eigenvalue weighted by molar-refractivity contribution is 6.98. The van der Waals surface area contributed by atoms with E-state index in [1.807, 2.05) is 24.3 Å². The molecule has 210 valence electrons. The van der Waals surface area contributed by atoms with E-state index in [0.717, 1.165) is 69.9 Å². The first-order chi connectivity index (χ1) is 20.8. The van der Waals surface area contributed by atoms with Crippen molar-refractivity contribution in [2.24, 2.45) is 0 Å². The zero-order valence-electron chi connectivity index (χ0n) is 24.9. The van der Waals surface area contributed by atoms with Crippen LogP contribution in [0.15, 0.2) is 97.1 Å². The molecule has 0 bridgehead atoms. The summed E-state index contributed by atoms with van der Waals surface area (Å²) in [7, 11) is 0. The average molecular weight is 561 g/mol. The van der Waals surface area contributed by atoms with Crippen LogP contribution in [0.3, 0.4) is 0 Å². The van der Waals surface area contributed by atoms with Crippen LogP contribution in [-0.2, 0) is 10.8 Å². The van der Waals surface area contributed by atoms with Crippen molar-refractivity contribution in [3.05, 3.63) is 108 Å². The zero-order chi connectivity index (χ0) is 29.1. The highest BCUT2D eigenvalue weighted by Crippen LogP contribution is 2.54. The van der Waals surface area contributed by atoms with Gasteiger partial charge in [0.25, 0.3) is 6.71 Å². The van der Waals surface area contributed by atoms with Crippen LogP contribution in [0.2, 0.25) is 0 Å². The number of ether oxygens (including phenoxy) is 3. The number of hydrogen-bond donors (Lipinski definition) is 0. The molecule has 0 atom stereocenters. The number of benzene rings is 5. The van der Waals surface area contributed by atoms with Crippen molar-refractivity contribution < 1.29 is 14.2 Å². The first-order valence-electron chi connectivity index (χ1n) is 15.3. The quantitative estimate of drug-likeness (QED) is 0.189. The number of nitrogens with zero attached hydrogens (tertiary/aromatic N) is 1. The smallest absolute Gasteiger partial charge is 0.260 e. The highest BCUT2D eigenvalue weighted by Gasteiger charge is 2.46. The third kappa shape index (κ3) is 3.45. The lowest BCUT2D eigenvalue weighted by Crippen LogP contribution is -2.58. The van der Waals surface area contributed by atoms with Gasteiger partial charge in [-0.2, -0.15) is 0 Å². The Morgan fingerprint density at radius 2 is 1.16 bits per heavy atom. The normalized spacial score (nSPS) is 17.5. The minimum absolute atomic E-state index is 0.000906. The lowest BCUT2D eigenvalue weighted by atomic mass is 9.34. The highest BCUT2D eigenvalue weighted by atomic mass is 16.5. The van der Waals surface area contributed by atoms with Gasteiger partial charge in [0.05, 0.1) is 17.1 Å². The van der Waals surface area contributed by atoms with E-state index in [4.69, 9.17) is 14.2 Å². The Morgan fingerprint density at radius 3 is 1.88 bits per heavy atom. The molecule has 0 aromatic heterocycles. The van der Waals surface area contributed by atoms with Crippen LogP contribution in [0.25, 0.3) is 0 Å². The maximum atomic E-state index is 7.14. The summed E-state index contributed by atoms with van der Waals surface area (Å²) in [5.41, 5.74) is 9.29. The predicted octanol–water partition coefficient (Wildman–Crippen LogP) is 8.34. The Balaban J connectivity index is 1.32. The summed E-state index contributed by atoms with van der Waals surface area (Å²) >= 11 is 0. The van der Waals surface area contributed by atoms with Crippen molar-refractivity contribution in [1.29, 1.82) is 0 Å². The largest absolute Gasteiger partial charge is 0.458 e. The van der Waals surface area contributed by atoms with Gasteiger partial charge in [-0.25, -0.2) is 0 Å².